The van der Waals surface area contributed by atoms with Gasteiger partial charge in [0.05, 0.1) is 0 Å². The van der Waals surface area contributed by atoms with Crippen LogP contribution in [0.5, 0.6) is 0 Å². The van der Waals surface area contributed by atoms with Gasteiger partial charge in [-0.1, -0.05) is 18.2 Å². The molecule has 0 heterocycles. The van der Waals surface area contributed by atoms with E-state index in [0.29, 0.717) is 23.3 Å². The lowest BCUT2D eigenvalue weighted by molar-refractivity contribution is -0.148. The first kappa shape index (κ1) is 18.0. The normalized spacial score (nSPS) is 31.8. The Morgan fingerprint density at radius 3 is 2.04 bits per heavy atom. The molecule has 1 aromatic rings. The van der Waals surface area contributed by atoms with Crippen molar-refractivity contribution in [3.63, 3.8) is 0 Å². The molecule has 0 spiro atoms. The number of carbonyl (C=O) groups excluding carboxylic acids is 3. The molecule has 6 heteroatoms. The van der Waals surface area contributed by atoms with E-state index < -0.39 is 11.9 Å². The molecule has 5 rings (SSSR count). The van der Waals surface area contributed by atoms with Gasteiger partial charge in [-0.15, -0.1) is 0 Å². The average Bonchev–Trinajstić information content (AvgIpc) is 2.65. The van der Waals surface area contributed by atoms with Crippen molar-refractivity contribution >= 4 is 17.7 Å². The molecule has 4 saturated carbocycles. The number of hydrogen-bond acceptors (Lipinski definition) is 3. The van der Waals surface area contributed by atoms with Gasteiger partial charge in [0.1, 0.15) is 6.04 Å². The largest absolute Gasteiger partial charge is 0.344 e. The lowest BCUT2D eigenvalue weighted by atomic mass is 9.49. The highest BCUT2D eigenvalue weighted by Crippen LogP contribution is 2.60. The molecule has 4 bridgehead atoms. The number of hydrogen-bond donors (Lipinski definition) is 3. The second kappa shape index (κ2) is 6.98. The third-order valence-electron chi connectivity index (χ3n) is 6.60. The third kappa shape index (κ3) is 3.57. The molecule has 3 amide bonds. The molecule has 4 fully saturated rings. The van der Waals surface area contributed by atoms with Gasteiger partial charge >= 0.3 is 0 Å². The summed E-state index contributed by atoms with van der Waals surface area (Å²) in [4.78, 5) is 37.3. The van der Waals surface area contributed by atoms with E-state index in [1.54, 1.807) is 31.2 Å². The Bertz CT molecular complexity index is 711. The van der Waals surface area contributed by atoms with Crippen LogP contribution in [-0.2, 0) is 9.59 Å². The van der Waals surface area contributed by atoms with Crippen LogP contribution in [0.25, 0.3) is 0 Å². The predicted molar refractivity (Wildman–Crippen MR) is 100 cm³/mol. The standard InChI is InChI=1S/C21H27N3O3/c1-13(18(25)23-24-19(26)17-5-3-2-4-6-17)22-20(27)21-10-14-7-15(11-21)9-16(8-14)12-21/h2-6,13-16H,7-12H2,1H3,(H,22,27)(H,23,25)(H,24,26)/t13-,14?,15?,16?,21?/m0/s1. The Labute approximate surface area is 159 Å². The highest BCUT2D eigenvalue weighted by molar-refractivity contribution is 5.96. The summed E-state index contributed by atoms with van der Waals surface area (Å²) >= 11 is 0. The van der Waals surface area contributed by atoms with E-state index in [1.165, 1.54) is 19.3 Å². The SMILES string of the molecule is C[C@H](NC(=O)C12CC3CC(CC(C3)C1)C2)C(=O)NNC(=O)c1ccccc1. The summed E-state index contributed by atoms with van der Waals surface area (Å²) in [6, 6.07) is 7.97. The van der Waals surface area contributed by atoms with Crippen LogP contribution in [0.1, 0.15) is 55.8 Å². The molecule has 0 unspecified atom stereocenters. The van der Waals surface area contributed by atoms with Crippen molar-refractivity contribution in [2.45, 2.75) is 51.5 Å². The second-order valence-corrected chi connectivity index (χ2v) is 8.70. The van der Waals surface area contributed by atoms with Gasteiger partial charge in [-0.2, -0.15) is 0 Å². The number of nitrogens with one attached hydrogen (secondary N) is 3. The van der Waals surface area contributed by atoms with Crippen LogP contribution in [0.4, 0.5) is 0 Å². The summed E-state index contributed by atoms with van der Waals surface area (Å²) < 4.78 is 0. The van der Waals surface area contributed by atoms with E-state index in [9.17, 15) is 14.4 Å². The van der Waals surface area contributed by atoms with Crippen LogP contribution in [0.15, 0.2) is 30.3 Å². The molecule has 1 aromatic carbocycles. The zero-order chi connectivity index (χ0) is 19.0. The Morgan fingerprint density at radius 1 is 0.926 bits per heavy atom. The van der Waals surface area contributed by atoms with Gasteiger partial charge in [-0.25, -0.2) is 0 Å². The molecule has 0 radical (unpaired) electrons. The van der Waals surface area contributed by atoms with Crippen molar-refractivity contribution < 1.29 is 14.4 Å². The van der Waals surface area contributed by atoms with Crippen molar-refractivity contribution in [2.24, 2.45) is 23.2 Å². The first-order valence-electron chi connectivity index (χ1n) is 9.91. The first-order chi connectivity index (χ1) is 12.9. The predicted octanol–water partition coefficient (Wildman–Crippen LogP) is 2.17. The van der Waals surface area contributed by atoms with Gasteiger partial charge in [0, 0.05) is 11.0 Å². The molecule has 144 valence electrons. The van der Waals surface area contributed by atoms with E-state index in [4.69, 9.17) is 0 Å². The van der Waals surface area contributed by atoms with E-state index >= 15 is 0 Å². The van der Waals surface area contributed by atoms with Crippen LogP contribution >= 0.6 is 0 Å². The summed E-state index contributed by atoms with van der Waals surface area (Å²) in [5, 5.41) is 2.90. The second-order valence-electron chi connectivity index (χ2n) is 8.70. The summed E-state index contributed by atoms with van der Waals surface area (Å²) in [7, 11) is 0. The van der Waals surface area contributed by atoms with Crippen LogP contribution in [0.3, 0.4) is 0 Å². The Kier molecular flexibility index (Phi) is 4.66. The van der Waals surface area contributed by atoms with Crippen molar-refractivity contribution in [2.75, 3.05) is 0 Å². The first-order valence-corrected chi connectivity index (χ1v) is 9.91. The molecular weight excluding hydrogens is 342 g/mol. The van der Waals surface area contributed by atoms with Gasteiger partial charge in [0.2, 0.25) is 5.91 Å². The molecule has 0 aliphatic heterocycles. The van der Waals surface area contributed by atoms with Gasteiger partial charge in [-0.3, -0.25) is 25.2 Å². The van der Waals surface area contributed by atoms with Crippen molar-refractivity contribution in [3.8, 4) is 0 Å². The van der Waals surface area contributed by atoms with Gasteiger partial charge in [0.25, 0.3) is 11.8 Å². The molecule has 4 aliphatic carbocycles. The molecule has 4 aliphatic rings. The molecule has 1 atom stereocenters. The summed E-state index contributed by atoms with van der Waals surface area (Å²) in [6.07, 6.45) is 6.70. The average molecular weight is 369 g/mol. The van der Waals surface area contributed by atoms with E-state index in [-0.39, 0.29) is 17.2 Å². The Morgan fingerprint density at radius 2 is 1.48 bits per heavy atom. The fourth-order valence-electron chi connectivity index (χ4n) is 5.69. The maximum absolute atomic E-state index is 13.0. The van der Waals surface area contributed by atoms with Crippen molar-refractivity contribution in [1.29, 1.82) is 0 Å². The molecular formula is C21H27N3O3. The number of rotatable bonds is 4. The van der Waals surface area contributed by atoms with E-state index in [2.05, 4.69) is 16.2 Å². The van der Waals surface area contributed by atoms with Gasteiger partial charge < -0.3 is 5.32 Å². The highest BCUT2D eigenvalue weighted by Gasteiger charge is 2.54. The van der Waals surface area contributed by atoms with Crippen molar-refractivity contribution in [3.05, 3.63) is 35.9 Å². The topological polar surface area (TPSA) is 87.3 Å². The van der Waals surface area contributed by atoms with E-state index in [0.717, 1.165) is 19.3 Å². The highest BCUT2D eigenvalue weighted by atomic mass is 16.2. The van der Waals surface area contributed by atoms with Crippen LogP contribution in [-0.4, -0.2) is 23.8 Å². The Balaban J connectivity index is 1.31. The fraction of sp³-hybridized carbons (Fsp3) is 0.571. The molecule has 0 saturated heterocycles. The van der Waals surface area contributed by atoms with Gasteiger partial charge in [-0.05, 0) is 75.3 Å². The lowest BCUT2D eigenvalue weighted by Crippen LogP contribution is -2.57. The minimum absolute atomic E-state index is 0.0126. The van der Waals surface area contributed by atoms with E-state index in [1.807, 2.05) is 6.07 Å². The minimum atomic E-state index is -0.693. The summed E-state index contributed by atoms with van der Waals surface area (Å²) in [5.74, 6) is 1.24. The number of benzene rings is 1. The molecule has 27 heavy (non-hydrogen) atoms. The van der Waals surface area contributed by atoms with Gasteiger partial charge in [0.15, 0.2) is 0 Å². The number of carbonyl (C=O) groups is 3. The monoisotopic (exact) mass is 369 g/mol. The number of hydrazine groups is 1. The van der Waals surface area contributed by atoms with Crippen molar-refractivity contribution in [1.82, 2.24) is 16.2 Å². The molecule has 0 aromatic heterocycles. The fourth-order valence-corrected chi connectivity index (χ4v) is 5.69. The van der Waals surface area contributed by atoms with Crippen LogP contribution < -0.4 is 16.2 Å². The summed E-state index contributed by atoms with van der Waals surface area (Å²) in [6.45, 7) is 1.66. The lowest BCUT2D eigenvalue weighted by Gasteiger charge is -2.55. The zero-order valence-corrected chi connectivity index (χ0v) is 15.7. The quantitative estimate of drug-likeness (QED) is 0.711. The maximum Gasteiger partial charge on any atom is 0.269 e. The number of amides is 3. The summed E-state index contributed by atoms with van der Waals surface area (Å²) in [5.41, 5.74) is 4.99. The molecule has 6 nitrogen and oxygen atoms in total. The third-order valence-corrected chi connectivity index (χ3v) is 6.60. The zero-order valence-electron chi connectivity index (χ0n) is 15.7. The van der Waals surface area contributed by atoms with Crippen LogP contribution in [0.2, 0.25) is 0 Å². The van der Waals surface area contributed by atoms with Crippen LogP contribution in [0, 0.1) is 23.2 Å². The smallest absolute Gasteiger partial charge is 0.269 e. The Hall–Kier alpha value is -2.37. The molecule has 3 N–H and O–H groups in total. The maximum atomic E-state index is 13.0. The minimum Gasteiger partial charge on any atom is -0.344 e.